The van der Waals surface area contributed by atoms with Gasteiger partial charge in [0.2, 0.25) is 0 Å². The summed E-state index contributed by atoms with van der Waals surface area (Å²) in [6, 6.07) is 13.3. The third kappa shape index (κ3) is 3.35. The highest BCUT2D eigenvalue weighted by Crippen LogP contribution is 2.25. The molecule has 0 N–H and O–H groups in total. The van der Waals surface area contributed by atoms with Gasteiger partial charge in [0, 0.05) is 0 Å². The summed E-state index contributed by atoms with van der Waals surface area (Å²) in [6.45, 7) is 0. The second-order valence-corrected chi connectivity index (χ2v) is 4.22. The Morgan fingerprint density at radius 1 is 0.727 bits per heavy atom. The molecule has 0 fully saturated rings. The predicted molar refractivity (Wildman–Crippen MR) is 79.7 cm³/mol. The minimum Gasteiger partial charge on any atom is -0.465 e. The van der Waals surface area contributed by atoms with E-state index in [9.17, 15) is 9.59 Å². The molecule has 0 aromatic heterocycles. The van der Waals surface area contributed by atoms with Crippen LogP contribution in [0.2, 0.25) is 0 Å². The molecule has 0 atom stereocenters. The Balaban J connectivity index is 2.38. The molecule has 0 spiro atoms. The highest BCUT2D eigenvalue weighted by molar-refractivity contribution is 5.95. The van der Waals surface area contributed by atoms with Gasteiger partial charge in [-0.25, -0.2) is 9.59 Å². The van der Waals surface area contributed by atoms with Gasteiger partial charge >= 0.3 is 11.9 Å². The van der Waals surface area contributed by atoms with E-state index in [1.54, 1.807) is 48.5 Å². The maximum Gasteiger partial charge on any atom is 0.340 e. The molecule has 6 nitrogen and oxygen atoms in total. The Morgan fingerprint density at radius 3 is 1.45 bits per heavy atom. The number of azo groups is 1. The number of hydrogen-bond donors (Lipinski definition) is 0. The van der Waals surface area contributed by atoms with E-state index in [1.165, 1.54) is 14.2 Å². The molecular weight excluding hydrogens is 284 g/mol. The SMILES string of the molecule is COC(=O)c1ccccc1N=Nc1ccccc1C(=O)OC. The number of nitrogens with zero attached hydrogens (tertiary/aromatic N) is 2. The smallest absolute Gasteiger partial charge is 0.340 e. The van der Waals surface area contributed by atoms with Gasteiger partial charge in [0.15, 0.2) is 0 Å². The first-order valence-electron chi connectivity index (χ1n) is 6.43. The van der Waals surface area contributed by atoms with Crippen LogP contribution in [0.4, 0.5) is 11.4 Å². The van der Waals surface area contributed by atoms with Crippen LogP contribution in [0, 0.1) is 0 Å². The molecule has 0 heterocycles. The Kier molecular flexibility index (Phi) is 4.98. The summed E-state index contributed by atoms with van der Waals surface area (Å²) >= 11 is 0. The number of esters is 2. The average molecular weight is 298 g/mol. The number of ether oxygens (including phenoxy) is 2. The van der Waals surface area contributed by atoms with Crippen LogP contribution in [0.15, 0.2) is 58.8 Å². The molecule has 6 heteroatoms. The van der Waals surface area contributed by atoms with Gasteiger partial charge in [0.1, 0.15) is 11.4 Å². The Hall–Kier alpha value is -3.02. The first kappa shape index (κ1) is 15.4. The van der Waals surface area contributed by atoms with Gasteiger partial charge in [-0.05, 0) is 24.3 Å². The van der Waals surface area contributed by atoms with Crippen LogP contribution in [0.25, 0.3) is 0 Å². The first-order chi connectivity index (χ1) is 10.7. The molecule has 112 valence electrons. The first-order valence-corrected chi connectivity index (χ1v) is 6.43. The van der Waals surface area contributed by atoms with E-state index in [4.69, 9.17) is 9.47 Å². The van der Waals surface area contributed by atoms with Gasteiger partial charge in [0.05, 0.1) is 25.3 Å². The van der Waals surface area contributed by atoms with Crippen molar-refractivity contribution in [2.24, 2.45) is 10.2 Å². The molecular formula is C16H14N2O4. The zero-order chi connectivity index (χ0) is 15.9. The molecule has 0 unspecified atom stereocenters. The Morgan fingerprint density at radius 2 is 1.09 bits per heavy atom. The van der Waals surface area contributed by atoms with E-state index < -0.39 is 11.9 Å². The quantitative estimate of drug-likeness (QED) is 0.637. The van der Waals surface area contributed by atoms with Crippen molar-refractivity contribution in [1.82, 2.24) is 0 Å². The van der Waals surface area contributed by atoms with Crippen LogP contribution in [0.5, 0.6) is 0 Å². The van der Waals surface area contributed by atoms with Gasteiger partial charge in [0.25, 0.3) is 0 Å². The molecule has 0 bridgehead atoms. The van der Waals surface area contributed by atoms with Crippen molar-refractivity contribution in [3.05, 3.63) is 59.7 Å². The predicted octanol–water partition coefficient (Wildman–Crippen LogP) is 3.68. The fourth-order valence-corrected chi connectivity index (χ4v) is 1.79. The fourth-order valence-electron chi connectivity index (χ4n) is 1.79. The van der Waals surface area contributed by atoms with Crippen molar-refractivity contribution in [3.63, 3.8) is 0 Å². The van der Waals surface area contributed by atoms with Crippen molar-refractivity contribution in [2.45, 2.75) is 0 Å². The molecule has 2 aromatic carbocycles. The van der Waals surface area contributed by atoms with Crippen LogP contribution >= 0.6 is 0 Å². The summed E-state index contributed by atoms with van der Waals surface area (Å²) in [5.41, 5.74) is 1.30. The minimum atomic E-state index is -0.504. The standard InChI is InChI=1S/C16H14N2O4/c1-21-15(19)11-7-3-5-9-13(11)17-18-14-10-6-4-8-12(14)16(20)22-2/h3-10H,1-2H3. The maximum absolute atomic E-state index is 11.7. The van der Waals surface area contributed by atoms with E-state index >= 15 is 0 Å². The van der Waals surface area contributed by atoms with Crippen molar-refractivity contribution < 1.29 is 19.1 Å². The lowest BCUT2D eigenvalue weighted by molar-refractivity contribution is 0.0592. The second kappa shape index (κ2) is 7.12. The summed E-state index contributed by atoms with van der Waals surface area (Å²) in [4.78, 5) is 23.3. The molecule has 0 saturated carbocycles. The number of methoxy groups -OCH3 is 2. The third-order valence-electron chi connectivity index (χ3n) is 2.88. The van der Waals surface area contributed by atoms with Crippen molar-refractivity contribution >= 4 is 23.3 Å². The lowest BCUT2D eigenvalue weighted by atomic mass is 10.2. The number of carbonyl (C=O) groups is 2. The molecule has 0 saturated heterocycles. The summed E-state index contributed by atoms with van der Waals surface area (Å²) in [5, 5.41) is 8.08. The molecule has 2 aromatic rings. The van der Waals surface area contributed by atoms with Gasteiger partial charge < -0.3 is 9.47 Å². The number of benzene rings is 2. The van der Waals surface area contributed by atoms with Crippen LogP contribution in [0.3, 0.4) is 0 Å². The normalized spacial score (nSPS) is 10.5. The summed E-state index contributed by atoms with van der Waals surface area (Å²) < 4.78 is 9.39. The maximum atomic E-state index is 11.7. The van der Waals surface area contributed by atoms with Crippen LogP contribution in [-0.4, -0.2) is 26.2 Å². The highest BCUT2D eigenvalue weighted by Gasteiger charge is 2.12. The number of hydrogen-bond acceptors (Lipinski definition) is 6. The van der Waals surface area contributed by atoms with Gasteiger partial charge in [-0.15, -0.1) is 10.2 Å². The van der Waals surface area contributed by atoms with Crippen LogP contribution in [0.1, 0.15) is 20.7 Å². The van der Waals surface area contributed by atoms with E-state index in [1.807, 2.05) is 0 Å². The average Bonchev–Trinajstić information content (AvgIpc) is 2.59. The van der Waals surface area contributed by atoms with Crippen molar-refractivity contribution in [2.75, 3.05) is 14.2 Å². The zero-order valence-corrected chi connectivity index (χ0v) is 12.1. The van der Waals surface area contributed by atoms with E-state index in [0.29, 0.717) is 22.5 Å². The van der Waals surface area contributed by atoms with Gasteiger partial charge in [-0.3, -0.25) is 0 Å². The largest absolute Gasteiger partial charge is 0.465 e. The summed E-state index contributed by atoms with van der Waals surface area (Å²) in [7, 11) is 2.59. The molecule has 22 heavy (non-hydrogen) atoms. The van der Waals surface area contributed by atoms with Crippen molar-refractivity contribution in [1.29, 1.82) is 0 Å². The fraction of sp³-hybridized carbons (Fsp3) is 0.125. The third-order valence-corrected chi connectivity index (χ3v) is 2.88. The topological polar surface area (TPSA) is 77.3 Å². The molecule has 0 aliphatic rings. The van der Waals surface area contributed by atoms with E-state index in [0.717, 1.165) is 0 Å². The number of carbonyl (C=O) groups excluding carboxylic acids is 2. The molecule has 0 amide bonds. The molecule has 0 aliphatic heterocycles. The van der Waals surface area contributed by atoms with E-state index in [-0.39, 0.29) is 0 Å². The Labute approximate surface area is 127 Å². The van der Waals surface area contributed by atoms with Crippen molar-refractivity contribution in [3.8, 4) is 0 Å². The summed E-state index contributed by atoms with van der Waals surface area (Å²) in [5.74, 6) is -1.01. The van der Waals surface area contributed by atoms with Crippen LogP contribution in [-0.2, 0) is 9.47 Å². The van der Waals surface area contributed by atoms with E-state index in [2.05, 4.69) is 10.2 Å². The Bertz CT molecular complexity index is 664. The lowest BCUT2D eigenvalue weighted by Gasteiger charge is -2.04. The minimum absolute atomic E-state index is 0.296. The highest BCUT2D eigenvalue weighted by atomic mass is 16.5. The molecule has 0 aliphatic carbocycles. The lowest BCUT2D eigenvalue weighted by Crippen LogP contribution is -2.01. The van der Waals surface area contributed by atoms with Gasteiger partial charge in [-0.2, -0.15) is 0 Å². The summed E-state index contributed by atoms with van der Waals surface area (Å²) in [6.07, 6.45) is 0. The molecule has 2 rings (SSSR count). The molecule has 0 radical (unpaired) electrons. The second-order valence-electron chi connectivity index (χ2n) is 4.22. The number of rotatable bonds is 4. The van der Waals surface area contributed by atoms with Crippen LogP contribution < -0.4 is 0 Å². The zero-order valence-electron chi connectivity index (χ0n) is 12.1. The van der Waals surface area contributed by atoms with Gasteiger partial charge in [-0.1, -0.05) is 24.3 Å². The monoisotopic (exact) mass is 298 g/mol.